The maximum atomic E-state index is 13.2. The van der Waals surface area contributed by atoms with Crippen molar-refractivity contribution >= 4 is 49.9 Å². The minimum atomic E-state index is -3.56. The Morgan fingerprint density at radius 3 is 2.55 bits per heavy atom. The molecule has 1 fully saturated rings. The van der Waals surface area contributed by atoms with E-state index in [1.807, 2.05) is 18.2 Å². The summed E-state index contributed by atoms with van der Waals surface area (Å²) in [5.74, 6) is -0.0544. The van der Waals surface area contributed by atoms with Crippen LogP contribution < -0.4 is 5.32 Å². The monoisotopic (exact) mass is 551 g/mol. The standard InChI is InChI=1S/C28H33N5O3S2/c1-5-22-8-6-7-13-32(22)38(35,36)23-11-9-21(10-12-23)29-26(34)17-37-28-31-30-27-20(4)16-24-19(3)14-18(2)15-25(24)33(27)28/h9-12,14-16,22H,5-8,13,17H2,1-4H3,(H,29,34). The van der Waals surface area contributed by atoms with Crippen LogP contribution >= 0.6 is 11.8 Å². The number of anilines is 1. The Labute approximate surface area is 227 Å². The zero-order valence-electron chi connectivity index (χ0n) is 22.2. The first-order valence-corrected chi connectivity index (χ1v) is 15.4. The van der Waals surface area contributed by atoms with E-state index in [-0.39, 0.29) is 22.6 Å². The highest BCUT2D eigenvalue weighted by Gasteiger charge is 2.32. The van der Waals surface area contributed by atoms with Crippen molar-refractivity contribution in [2.45, 2.75) is 69.5 Å². The van der Waals surface area contributed by atoms with Gasteiger partial charge in [0.1, 0.15) is 0 Å². The number of rotatable bonds is 7. The second kappa shape index (κ2) is 10.7. The summed E-state index contributed by atoms with van der Waals surface area (Å²) in [6.07, 6.45) is 3.66. The highest BCUT2D eigenvalue weighted by atomic mass is 32.2. The zero-order chi connectivity index (χ0) is 27.0. The third-order valence-corrected chi connectivity index (χ3v) is 10.1. The van der Waals surface area contributed by atoms with Crippen LogP contribution in [0.1, 0.15) is 49.3 Å². The van der Waals surface area contributed by atoms with E-state index < -0.39 is 10.0 Å². The van der Waals surface area contributed by atoms with Crippen LogP contribution in [0.5, 0.6) is 0 Å². The van der Waals surface area contributed by atoms with Gasteiger partial charge in [-0.2, -0.15) is 4.31 Å². The molecule has 2 aromatic heterocycles. The number of amides is 1. The van der Waals surface area contributed by atoms with Crippen LogP contribution in [-0.2, 0) is 14.8 Å². The topological polar surface area (TPSA) is 96.7 Å². The van der Waals surface area contributed by atoms with Crippen molar-refractivity contribution in [3.8, 4) is 0 Å². The van der Waals surface area contributed by atoms with Gasteiger partial charge in [0.2, 0.25) is 15.9 Å². The average molecular weight is 552 g/mol. The van der Waals surface area contributed by atoms with E-state index in [0.29, 0.717) is 17.4 Å². The smallest absolute Gasteiger partial charge is 0.243 e. The molecule has 1 saturated heterocycles. The molecule has 10 heteroatoms. The molecule has 0 aliphatic carbocycles. The number of piperidine rings is 1. The van der Waals surface area contributed by atoms with Crippen LogP contribution in [0.3, 0.4) is 0 Å². The number of aryl methyl sites for hydroxylation is 3. The number of hydrogen-bond acceptors (Lipinski definition) is 6. The van der Waals surface area contributed by atoms with Crippen LogP contribution in [0.25, 0.3) is 16.6 Å². The number of nitrogens with one attached hydrogen (secondary N) is 1. The number of nitrogens with zero attached hydrogens (tertiary/aromatic N) is 4. The summed E-state index contributed by atoms with van der Waals surface area (Å²) >= 11 is 1.32. The van der Waals surface area contributed by atoms with Crippen LogP contribution in [0.2, 0.25) is 0 Å². The predicted octanol–water partition coefficient (Wildman–Crippen LogP) is 5.49. The lowest BCUT2D eigenvalue weighted by Crippen LogP contribution is -2.43. The number of carbonyl (C=O) groups excluding carboxylic acids is 1. The molecule has 0 saturated carbocycles. The molecule has 38 heavy (non-hydrogen) atoms. The lowest BCUT2D eigenvalue weighted by Gasteiger charge is -2.34. The van der Waals surface area contributed by atoms with Gasteiger partial charge in [0.25, 0.3) is 0 Å². The van der Waals surface area contributed by atoms with E-state index in [0.717, 1.165) is 53.4 Å². The molecule has 1 N–H and O–H groups in total. The number of sulfonamides is 1. The zero-order valence-corrected chi connectivity index (χ0v) is 23.8. The molecule has 4 aromatic rings. The Balaban J connectivity index is 1.30. The molecular formula is C28H33N5O3S2. The number of thioether (sulfide) groups is 1. The lowest BCUT2D eigenvalue weighted by molar-refractivity contribution is -0.113. The molecule has 3 heterocycles. The highest BCUT2D eigenvalue weighted by Crippen LogP contribution is 2.30. The largest absolute Gasteiger partial charge is 0.325 e. The molecule has 1 amide bonds. The van der Waals surface area contributed by atoms with Crippen molar-refractivity contribution < 1.29 is 13.2 Å². The van der Waals surface area contributed by atoms with Gasteiger partial charge < -0.3 is 5.32 Å². The Morgan fingerprint density at radius 2 is 1.82 bits per heavy atom. The number of benzene rings is 2. The Kier molecular flexibility index (Phi) is 7.48. The van der Waals surface area contributed by atoms with E-state index in [4.69, 9.17) is 0 Å². The number of carbonyl (C=O) groups is 1. The van der Waals surface area contributed by atoms with Crippen LogP contribution in [0, 0.1) is 20.8 Å². The molecule has 1 aliphatic rings. The molecule has 5 rings (SSSR count). The normalized spacial score (nSPS) is 16.8. The average Bonchev–Trinajstić information content (AvgIpc) is 3.34. The van der Waals surface area contributed by atoms with E-state index in [2.05, 4.69) is 47.6 Å². The minimum Gasteiger partial charge on any atom is -0.325 e. The highest BCUT2D eigenvalue weighted by molar-refractivity contribution is 7.99. The van der Waals surface area contributed by atoms with Gasteiger partial charge in [-0.3, -0.25) is 9.20 Å². The molecule has 1 aliphatic heterocycles. The lowest BCUT2D eigenvalue weighted by atomic mass is 10.0. The van der Waals surface area contributed by atoms with Gasteiger partial charge in [0, 0.05) is 23.7 Å². The molecule has 200 valence electrons. The van der Waals surface area contributed by atoms with E-state index in [9.17, 15) is 13.2 Å². The molecule has 8 nitrogen and oxygen atoms in total. The van der Waals surface area contributed by atoms with Gasteiger partial charge in [-0.1, -0.05) is 31.2 Å². The minimum absolute atomic E-state index is 0.0483. The van der Waals surface area contributed by atoms with Crippen LogP contribution in [0.15, 0.2) is 52.5 Å². The SMILES string of the molecule is CCC1CCCCN1S(=O)(=O)c1ccc(NC(=O)CSc2nnc3c(C)cc4c(C)cc(C)cc4n23)cc1. The Bertz CT molecular complexity index is 1610. The van der Waals surface area contributed by atoms with Gasteiger partial charge in [-0.15, -0.1) is 10.2 Å². The fourth-order valence-corrected chi connectivity index (χ4v) is 7.83. The molecule has 0 bridgehead atoms. The third kappa shape index (κ3) is 5.04. The summed E-state index contributed by atoms with van der Waals surface area (Å²) in [4.78, 5) is 13.0. The van der Waals surface area contributed by atoms with Gasteiger partial charge in [-0.25, -0.2) is 8.42 Å². The Hall–Kier alpha value is -2.95. The number of pyridine rings is 1. The third-order valence-electron chi connectivity index (χ3n) is 7.22. The molecule has 0 radical (unpaired) electrons. The van der Waals surface area contributed by atoms with Crippen LogP contribution in [0.4, 0.5) is 5.69 Å². The summed E-state index contributed by atoms with van der Waals surface area (Å²) in [5.41, 5.74) is 5.71. The molecular weight excluding hydrogens is 518 g/mol. The Morgan fingerprint density at radius 1 is 1.05 bits per heavy atom. The van der Waals surface area contributed by atoms with Crippen molar-refractivity contribution in [2.75, 3.05) is 17.6 Å². The first kappa shape index (κ1) is 26.6. The summed E-state index contributed by atoms with van der Waals surface area (Å²) < 4.78 is 30.1. The van der Waals surface area contributed by atoms with Gasteiger partial charge in [-0.05, 0) is 93.1 Å². The second-order valence-electron chi connectivity index (χ2n) is 10.0. The quantitative estimate of drug-likeness (QED) is 0.305. The number of hydrogen-bond donors (Lipinski definition) is 1. The van der Waals surface area contributed by atoms with Crippen molar-refractivity contribution in [2.24, 2.45) is 0 Å². The van der Waals surface area contributed by atoms with E-state index >= 15 is 0 Å². The van der Waals surface area contributed by atoms with Gasteiger partial charge >= 0.3 is 0 Å². The van der Waals surface area contributed by atoms with Crippen molar-refractivity contribution in [1.82, 2.24) is 18.9 Å². The van der Waals surface area contributed by atoms with Crippen LogP contribution in [-0.4, -0.2) is 51.6 Å². The summed E-state index contributed by atoms with van der Waals surface area (Å²) in [6, 6.07) is 12.9. The number of aromatic nitrogens is 3. The maximum Gasteiger partial charge on any atom is 0.243 e. The molecule has 1 atom stereocenters. The molecule has 0 spiro atoms. The fraction of sp³-hybridized carbons (Fsp3) is 0.393. The summed E-state index contributed by atoms with van der Waals surface area (Å²) in [7, 11) is -3.56. The van der Waals surface area contributed by atoms with Crippen molar-refractivity contribution in [1.29, 1.82) is 0 Å². The second-order valence-corrected chi connectivity index (χ2v) is 12.9. The summed E-state index contributed by atoms with van der Waals surface area (Å²) in [5, 5.41) is 13.4. The summed E-state index contributed by atoms with van der Waals surface area (Å²) in [6.45, 7) is 8.76. The number of fused-ring (bicyclic) bond motifs is 3. The van der Waals surface area contributed by atoms with Crippen molar-refractivity contribution in [3.63, 3.8) is 0 Å². The fourth-order valence-electron chi connectivity index (χ4n) is 5.32. The predicted molar refractivity (Wildman–Crippen MR) is 152 cm³/mol. The van der Waals surface area contributed by atoms with Gasteiger partial charge in [0.05, 0.1) is 16.2 Å². The maximum absolute atomic E-state index is 13.2. The van der Waals surface area contributed by atoms with Gasteiger partial charge in [0.15, 0.2) is 10.8 Å². The van der Waals surface area contributed by atoms with Crippen molar-refractivity contribution in [3.05, 3.63) is 59.2 Å². The molecule has 1 unspecified atom stereocenters. The van der Waals surface area contributed by atoms with E-state index in [1.165, 1.54) is 17.3 Å². The molecule has 2 aromatic carbocycles. The van der Waals surface area contributed by atoms with E-state index in [1.54, 1.807) is 28.6 Å². The first-order chi connectivity index (χ1) is 18.2. The first-order valence-electron chi connectivity index (χ1n) is 13.0.